The van der Waals surface area contributed by atoms with E-state index in [4.69, 9.17) is 11.6 Å². The van der Waals surface area contributed by atoms with E-state index in [2.05, 4.69) is 0 Å². The smallest absolute Gasteiger partial charge is 0.306 e. The molecule has 5 heteroatoms. The van der Waals surface area contributed by atoms with Crippen LogP contribution in [-0.4, -0.2) is 16.9 Å². The molecule has 1 N–H and O–H groups in total. The second kappa shape index (κ2) is 9.67. The number of hydrogen-bond acceptors (Lipinski definition) is 3. The molecular weight excluding hydrogens is 392 g/mol. The Labute approximate surface area is 173 Å². The van der Waals surface area contributed by atoms with E-state index in [-0.39, 0.29) is 12.2 Å². The van der Waals surface area contributed by atoms with Crippen molar-refractivity contribution >= 4 is 34.7 Å². The summed E-state index contributed by atoms with van der Waals surface area (Å²) in [7, 11) is 0. The van der Waals surface area contributed by atoms with Crippen LogP contribution >= 0.6 is 22.9 Å². The molecule has 144 valence electrons. The first-order valence-electron chi connectivity index (χ1n) is 9.18. The fourth-order valence-corrected chi connectivity index (χ4v) is 4.18. The number of rotatable bonds is 9. The summed E-state index contributed by atoms with van der Waals surface area (Å²) >= 11 is 7.30. The van der Waals surface area contributed by atoms with Gasteiger partial charge in [0.2, 0.25) is 0 Å². The van der Waals surface area contributed by atoms with Crippen LogP contribution in [0.4, 0.5) is 0 Å². The number of ketones is 1. The molecular formula is C23H21ClO3S. The van der Waals surface area contributed by atoms with Crippen LogP contribution in [0.1, 0.15) is 34.5 Å². The van der Waals surface area contributed by atoms with E-state index in [9.17, 15) is 14.7 Å². The van der Waals surface area contributed by atoms with Crippen molar-refractivity contribution in [2.45, 2.75) is 25.7 Å². The lowest BCUT2D eigenvalue weighted by atomic mass is 9.94. The normalized spacial score (nSPS) is 11.9. The molecule has 0 radical (unpaired) electrons. The first-order valence-corrected chi connectivity index (χ1v) is 10.4. The quantitative estimate of drug-likeness (QED) is 0.415. The van der Waals surface area contributed by atoms with Gasteiger partial charge < -0.3 is 5.11 Å². The van der Waals surface area contributed by atoms with Gasteiger partial charge in [0.15, 0.2) is 5.78 Å². The highest BCUT2D eigenvalue weighted by atomic mass is 35.5. The van der Waals surface area contributed by atoms with Crippen LogP contribution in [0.2, 0.25) is 5.02 Å². The van der Waals surface area contributed by atoms with Crippen LogP contribution in [-0.2, 0) is 11.2 Å². The molecule has 0 amide bonds. The SMILES string of the molecule is O=C(CC(CCCc1ccccc1)C(=O)O)c1ccc(-c2ccc(Cl)cc2)s1. The van der Waals surface area contributed by atoms with Crippen molar-refractivity contribution in [1.29, 1.82) is 0 Å². The van der Waals surface area contributed by atoms with E-state index in [1.54, 1.807) is 6.07 Å². The number of aliphatic carboxylic acids is 1. The third-order valence-electron chi connectivity index (χ3n) is 4.65. The molecule has 3 aromatic rings. The molecule has 2 aromatic carbocycles. The molecule has 3 rings (SSSR count). The van der Waals surface area contributed by atoms with Crippen molar-refractivity contribution < 1.29 is 14.7 Å². The Bertz CT molecular complexity index is 932. The van der Waals surface area contributed by atoms with E-state index in [1.807, 2.05) is 60.7 Å². The Hall–Kier alpha value is -2.43. The van der Waals surface area contributed by atoms with Gasteiger partial charge in [-0.1, -0.05) is 54.1 Å². The van der Waals surface area contributed by atoms with E-state index < -0.39 is 11.9 Å². The lowest BCUT2D eigenvalue weighted by Gasteiger charge is -2.11. The van der Waals surface area contributed by atoms with Gasteiger partial charge in [0, 0.05) is 16.3 Å². The molecule has 1 heterocycles. The maximum atomic E-state index is 12.6. The maximum Gasteiger partial charge on any atom is 0.306 e. The third-order valence-corrected chi connectivity index (χ3v) is 6.08. The van der Waals surface area contributed by atoms with E-state index >= 15 is 0 Å². The van der Waals surface area contributed by atoms with Gasteiger partial charge in [-0.25, -0.2) is 0 Å². The molecule has 0 aliphatic rings. The largest absolute Gasteiger partial charge is 0.481 e. The monoisotopic (exact) mass is 412 g/mol. The first kappa shape index (κ1) is 20.3. The molecule has 0 spiro atoms. The van der Waals surface area contributed by atoms with Gasteiger partial charge in [0.1, 0.15) is 0 Å². The molecule has 1 unspecified atom stereocenters. The number of carboxylic acids is 1. The van der Waals surface area contributed by atoms with E-state index in [0.29, 0.717) is 16.3 Å². The molecule has 3 nitrogen and oxygen atoms in total. The predicted molar refractivity (Wildman–Crippen MR) is 114 cm³/mol. The molecule has 0 aliphatic carbocycles. The Morgan fingerprint density at radius 2 is 1.68 bits per heavy atom. The van der Waals surface area contributed by atoms with Crippen LogP contribution < -0.4 is 0 Å². The summed E-state index contributed by atoms with van der Waals surface area (Å²) in [5.74, 6) is -1.68. The Kier molecular flexibility index (Phi) is 7.01. The molecule has 0 fully saturated rings. The van der Waals surface area contributed by atoms with Crippen molar-refractivity contribution in [2.75, 3.05) is 0 Å². The third kappa shape index (κ3) is 5.54. The fourth-order valence-electron chi connectivity index (χ4n) is 3.09. The van der Waals surface area contributed by atoms with Crippen LogP contribution in [0.5, 0.6) is 0 Å². The summed E-state index contributed by atoms with van der Waals surface area (Å²) < 4.78 is 0. The van der Waals surface area contributed by atoms with Gasteiger partial charge in [0.05, 0.1) is 10.8 Å². The maximum absolute atomic E-state index is 12.6. The Morgan fingerprint density at radius 3 is 2.36 bits per heavy atom. The van der Waals surface area contributed by atoms with Crippen LogP contribution in [0.15, 0.2) is 66.7 Å². The number of benzene rings is 2. The molecule has 1 aromatic heterocycles. The van der Waals surface area contributed by atoms with Crippen molar-refractivity contribution in [3.63, 3.8) is 0 Å². The average molecular weight is 413 g/mol. The van der Waals surface area contributed by atoms with Crippen LogP contribution in [0, 0.1) is 5.92 Å². The van der Waals surface area contributed by atoms with E-state index in [1.165, 1.54) is 16.9 Å². The van der Waals surface area contributed by atoms with Crippen molar-refractivity contribution in [2.24, 2.45) is 5.92 Å². The Balaban J connectivity index is 1.59. The standard InChI is InChI=1S/C23H21ClO3S/c24-19-11-9-17(10-12-19)21-13-14-22(28-21)20(25)15-18(23(26)27)8-4-7-16-5-2-1-3-6-16/h1-3,5-6,9-14,18H,4,7-8,15H2,(H,26,27). The molecule has 0 aliphatic heterocycles. The second-order valence-corrected chi connectivity index (χ2v) is 8.23. The number of carboxylic acid groups (broad SMARTS) is 1. The van der Waals surface area contributed by atoms with Gasteiger partial charge >= 0.3 is 5.97 Å². The molecule has 0 saturated heterocycles. The van der Waals surface area contributed by atoms with Crippen molar-refractivity contribution in [1.82, 2.24) is 0 Å². The minimum Gasteiger partial charge on any atom is -0.481 e. The second-order valence-electron chi connectivity index (χ2n) is 6.71. The zero-order chi connectivity index (χ0) is 19.9. The van der Waals surface area contributed by atoms with Crippen molar-refractivity contribution in [3.05, 3.63) is 82.2 Å². The zero-order valence-corrected chi connectivity index (χ0v) is 16.9. The van der Waals surface area contributed by atoms with Crippen LogP contribution in [0.3, 0.4) is 0 Å². The van der Waals surface area contributed by atoms with Gasteiger partial charge in [-0.3, -0.25) is 9.59 Å². The molecule has 0 bridgehead atoms. The van der Waals surface area contributed by atoms with E-state index in [0.717, 1.165) is 23.3 Å². The topological polar surface area (TPSA) is 54.4 Å². The minimum atomic E-state index is -0.907. The number of halogens is 1. The first-order chi connectivity index (χ1) is 13.5. The summed E-state index contributed by atoms with van der Waals surface area (Å²) in [5, 5.41) is 10.2. The van der Waals surface area contributed by atoms with Gasteiger partial charge in [0.25, 0.3) is 0 Å². The van der Waals surface area contributed by atoms with Gasteiger partial charge in [-0.15, -0.1) is 11.3 Å². The number of Topliss-reactive ketones (excluding diaryl/α,β-unsaturated/α-hetero) is 1. The number of thiophene rings is 1. The fraction of sp³-hybridized carbons (Fsp3) is 0.217. The highest BCUT2D eigenvalue weighted by Crippen LogP contribution is 2.30. The predicted octanol–water partition coefficient (Wildman–Crippen LogP) is 6.37. The number of hydrogen-bond donors (Lipinski definition) is 1. The highest BCUT2D eigenvalue weighted by Gasteiger charge is 2.22. The van der Waals surface area contributed by atoms with Gasteiger partial charge in [-0.05, 0) is 54.7 Å². The zero-order valence-electron chi connectivity index (χ0n) is 15.3. The lowest BCUT2D eigenvalue weighted by Crippen LogP contribution is -2.18. The van der Waals surface area contributed by atoms with Crippen molar-refractivity contribution in [3.8, 4) is 10.4 Å². The average Bonchev–Trinajstić information content (AvgIpc) is 3.19. The molecule has 0 saturated carbocycles. The van der Waals surface area contributed by atoms with Gasteiger partial charge in [-0.2, -0.15) is 0 Å². The molecule has 28 heavy (non-hydrogen) atoms. The Morgan fingerprint density at radius 1 is 0.964 bits per heavy atom. The number of aryl methyl sites for hydroxylation is 1. The summed E-state index contributed by atoms with van der Waals surface area (Å²) in [6.45, 7) is 0. The lowest BCUT2D eigenvalue weighted by molar-refractivity contribution is -0.141. The summed E-state index contributed by atoms with van der Waals surface area (Å²) in [4.78, 5) is 25.8. The summed E-state index contributed by atoms with van der Waals surface area (Å²) in [6.07, 6.45) is 2.09. The van der Waals surface area contributed by atoms with Crippen LogP contribution in [0.25, 0.3) is 10.4 Å². The number of carbonyl (C=O) groups is 2. The minimum absolute atomic E-state index is 0.0324. The molecule has 1 atom stereocenters. The highest BCUT2D eigenvalue weighted by molar-refractivity contribution is 7.17. The summed E-state index contributed by atoms with van der Waals surface area (Å²) in [6, 6.07) is 21.1. The number of carbonyl (C=O) groups excluding carboxylic acids is 1. The summed E-state index contributed by atoms with van der Waals surface area (Å²) in [5.41, 5.74) is 2.18.